The van der Waals surface area contributed by atoms with Crippen molar-refractivity contribution < 1.29 is 14.1 Å². The first-order valence-corrected chi connectivity index (χ1v) is 9.47. The zero-order chi connectivity index (χ0) is 20.3. The summed E-state index contributed by atoms with van der Waals surface area (Å²) in [5.41, 5.74) is 0.663. The maximum Gasteiger partial charge on any atom is 0.269 e. The summed E-state index contributed by atoms with van der Waals surface area (Å²) < 4.78 is 5.80. The molecule has 28 heavy (non-hydrogen) atoms. The smallest absolute Gasteiger partial charge is 0.269 e. The van der Waals surface area contributed by atoms with Crippen molar-refractivity contribution in [3.05, 3.63) is 40.3 Å². The molecule has 1 aliphatic heterocycles. The van der Waals surface area contributed by atoms with Crippen LogP contribution in [-0.2, 0) is 4.79 Å². The molecule has 1 aromatic heterocycles. The van der Waals surface area contributed by atoms with Crippen molar-refractivity contribution in [3.8, 4) is 11.5 Å². The number of carbonyl (C=O) groups is 1. The molecule has 0 spiro atoms. The van der Waals surface area contributed by atoms with Crippen LogP contribution in [0.3, 0.4) is 0 Å². The molecule has 3 rings (SSSR count). The molecule has 1 fully saturated rings. The van der Waals surface area contributed by atoms with Crippen LogP contribution in [-0.4, -0.2) is 45.1 Å². The minimum atomic E-state index is -0.446. The summed E-state index contributed by atoms with van der Waals surface area (Å²) in [4.78, 5) is 24.4. The molecular formula is C19H25N5O4. The monoisotopic (exact) mass is 387 g/mol. The second kappa shape index (κ2) is 8.47. The molecule has 1 amide bonds. The Morgan fingerprint density at radius 1 is 1.21 bits per heavy atom. The Hall–Kier alpha value is -2.81. The molecular weight excluding hydrogens is 362 g/mol. The van der Waals surface area contributed by atoms with Gasteiger partial charge in [0.15, 0.2) is 0 Å². The summed E-state index contributed by atoms with van der Waals surface area (Å²) in [6.45, 7) is 7.47. The van der Waals surface area contributed by atoms with Crippen molar-refractivity contribution in [2.75, 3.05) is 13.1 Å². The molecule has 0 radical (unpaired) electrons. The maximum atomic E-state index is 11.8. The van der Waals surface area contributed by atoms with E-state index in [1.54, 1.807) is 12.1 Å². The third-order valence-corrected chi connectivity index (χ3v) is 5.07. The predicted molar refractivity (Wildman–Crippen MR) is 102 cm³/mol. The van der Waals surface area contributed by atoms with E-state index in [1.165, 1.54) is 12.1 Å². The first kappa shape index (κ1) is 19.9. The van der Waals surface area contributed by atoms with E-state index in [9.17, 15) is 14.9 Å². The zero-order valence-corrected chi connectivity index (χ0v) is 16.3. The summed E-state index contributed by atoms with van der Waals surface area (Å²) in [6.07, 6.45) is 1.76. The standard InChI is InChI=1S/C19H25N5O4/c1-12(2)17(25)20-15-8-10-23(11-9-15)13(3)18-21-22-19(28-18)14-4-6-16(7-5-14)24(26)27/h4-7,12-13,15H,8-11H2,1-3H3,(H,20,25). The Labute approximate surface area is 163 Å². The van der Waals surface area contributed by atoms with E-state index in [2.05, 4.69) is 20.4 Å². The molecule has 1 atom stereocenters. The van der Waals surface area contributed by atoms with Crippen LogP contribution in [0.1, 0.15) is 45.5 Å². The molecule has 9 nitrogen and oxygen atoms in total. The average Bonchev–Trinajstić information content (AvgIpc) is 3.18. The second-order valence-corrected chi connectivity index (χ2v) is 7.40. The summed E-state index contributed by atoms with van der Waals surface area (Å²) >= 11 is 0. The van der Waals surface area contributed by atoms with Gasteiger partial charge in [0.25, 0.3) is 5.69 Å². The third kappa shape index (κ3) is 4.53. The van der Waals surface area contributed by atoms with Gasteiger partial charge in [-0.1, -0.05) is 13.8 Å². The number of rotatable bonds is 6. The number of aromatic nitrogens is 2. The minimum absolute atomic E-state index is 0.00631. The second-order valence-electron chi connectivity index (χ2n) is 7.40. The lowest BCUT2D eigenvalue weighted by Gasteiger charge is -2.35. The Balaban J connectivity index is 1.59. The first-order chi connectivity index (χ1) is 13.3. The SMILES string of the molecule is CC(C)C(=O)NC1CCN(C(C)c2nnc(-c3ccc([N+](=O)[O-])cc3)o2)CC1. The van der Waals surface area contributed by atoms with E-state index in [-0.39, 0.29) is 29.6 Å². The summed E-state index contributed by atoms with van der Waals surface area (Å²) in [5, 5.41) is 22.1. The van der Waals surface area contributed by atoms with Crippen molar-refractivity contribution in [1.29, 1.82) is 0 Å². The number of likely N-dealkylation sites (tertiary alicyclic amines) is 1. The van der Waals surface area contributed by atoms with E-state index in [1.807, 2.05) is 20.8 Å². The van der Waals surface area contributed by atoms with Crippen LogP contribution >= 0.6 is 0 Å². The van der Waals surface area contributed by atoms with E-state index in [0.29, 0.717) is 17.3 Å². The van der Waals surface area contributed by atoms with Crippen LogP contribution in [0.4, 0.5) is 5.69 Å². The highest BCUT2D eigenvalue weighted by Gasteiger charge is 2.27. The highest BCUT2D eigenvalue weighted by molar-refractivity contribution is 5.78. The largest absolute Gasteiger partial charge is 0.419 e. The van der Waals surface area contributed by atoms with Gasteiger partial charge in [-0.05, 0) is 31.9 Å². The van der Waals surface area contributed by atoms with Crippen LogP contribution in [0.15, 0.2) is 28.7 Å². The Morgan fingerprint density at radius 2 is 1.86 bits per heavy atom. The van der Waals surface area contributed by atoms with E-state index >= 15 is 0 Å². The van der Waals surface area contributed by atoms with Gasteiger partial charge in [0.1, 0.15) is 0 Å². The van der Waals surface area contributed by atoms with Gasteiger partial charge in [-0.3, -0.25) is 19.8 Å². The van der Waals surface area contributed by atoms with Gasteiger partial charge in [-0.2, -0.15) is 0 Å². The Morgan fingerprint density at radius 3 is 2.43 bits per heavy atom. The number of nitrogens with one attached hydrogen (secondary N) is 1. The summed E-state index contributed by atoms with van der Waals surface area (Å²) in [7, 11) is 0. The molecule has 2 heterocycles. The number of piperidine rings is 1. The molecule has 2 aromatic rings. The normalized spacial score (nSPS) is 16.9. The Kier molecular flexibility index (Phi) is 6.03. The highest BCUT2D eigenvalue weighted by atomic mass is 16.6. The van der Waals surface area contributed by atoms with Crippen molar-refractivity contribution in [2.45, 2.75) is 45.7 Å². The van der Waals surface area contributed by atoms with Crippen LogP contribution < -0.4 is 5.32 Å². The van der Waals surface area contributed by atoms with Crippen LogP contribution in [0, 0.1) is 16.0 Å². The number of non-ortho nitro benzene ring substituents is 1. The van der Waals surface area contributed by atoms with Crippen LogP contribution in [0.5, 0.6) is 0 Å². The van der Waals surface area contributed by atoms with Crippen molar-refractivity contribution in [3.63, 3.8) is 0 Å². The minimum Gasteiger partial charge on any atom is -0.419 e. The fourth-order valence-electron chi connectivity index (χ4n) is 3.20. The molecule has 1 unspecified atom stereocenters. The number of benzene rings is 1. The van der Waals surface area contributed by atoms with E-state index < -0.39 is 4.92 Å². The number of nitro benzene ring substituents is 1. The fourth-order valence-corrected chi connectivity index (χ4v) is 3.20. The van der Waals surface area contributed by atoms with Crippen molar-refractivity contribution in [2.24, 2.45) is 5.92 Å². The lowest BCUT2D eigenvalue weighted by atomic mass is 10.0. The van der Waals surface area contributed by atoms with Gasteiger partial charge in [-0.15, -0.1) is 10.2 Å². The maximum absolute atomic E-state index is 11.8. The first-order valence-electron chi connectivity index (χ1n) is 9.47. The average molecular weight is 387 g/mol. The van der Waals surface area contributed by atoms with Gasteiger partial charge in [0.05, 0.1) is 11.0 Å². The molecule has 0 aliphatic carbocycles. The number of amides is 1. The molecule has 0 saturated carbocycles. The predicted octanol–water partition coefficient (Wildman–Crippen LogP) is 2.94. The number of nitro groups is 1. The van der Waals surface area contributed by atoms with Gasteiger partial charge in [0.2, 0.25) is 17.7 Å². The number of nitrogens with zero attached hydrogens (tertiary/aromatic N) is 4. The van der Waals surface area contributed by atoms with E-state index in [4.69, 9.17) is 4.42 Å². The quantitative estimate of drug-likeness (QED) is 0.598. The van der Waals surface area contributed by atoms with Gasteiger partial charge >= 0.3 is 0 Å². The molecule has 1 saturated heterocycles. The zero-order valence-electron chi connectivity index (χ0n) is 16.3. The highest BCUT2D eigenvalue weighted by Crippen LogP contribution is 2.27. The van der Waals surface area contributed by atoms with Crippen molar-refractivity contribution in [1.82, 2.24) is 20.4 Å². The number of carbonyl (C=O) groups excluding carboxylic acids is 1. The summed E-state index contributed by atoms with van der Waals surface area (Å²) in [6, 6.07) is 6.20. The third-order valence-electron chi connectivity index (χ3n) is 5.07. The molecule has 9 heteroatoms. The van der Waals surface area contributed by atoms with Crippen molar-refractivity contribution >= 4 is 11.6 Å². The molecule has 0 bridgehead atoms. The topological polar surface area (TPSA) is 114 Å². The number of hydrogen-bond acceptors (Lipinski definition) is 7. The molecule has 1 N–H and O–H groups in total. The van der Waals surface area contributed by atoms with Crippen LogP contribution in [0.25, 0.3) is 11.5 Å². The molecule has 150 valence electrons. The van der Waals surface area contributed by atoms with Gasteiger partial charge in [-0.25, -0.2) is 0 Å². The van der Waals surface area contributed by atoms with E-state index in [0.717, 1.165) is 25.9 Å². The summed E-state index contributed by atoms with van der Waals surface area (Å²) in [5.74, 6) is 0.943. The molecule has 1 aliphatic rings. The molecule has 1 aromatic carbocycles. The fraction of sp³-hybridized carbons (Fsp3) is 0.526. The lowest BCUT2D eigenvalue weighted by molar-refractivity contribution is -0.384. The van der Waals surface area contributed by atoms with Gasteiger partial charge < -0.3 is 9.73 Å². The lowest BCUT2D eigenvalue weighted by Crippen LogP contribution is -2.46. The van der Waals surface area contributed by atoms with Crippen LogP contribution in [0.2, 0.25) is 0 Å². The number of hydrogen-bond donors (Lipinski definition) is 1. The Bertz CT molecular complexity index is 825. The van der Waals surface area contributed by atoms with Gasteiger partial charge in [0, 0.05) is 42.7 Å².